The Morgan fingerprint density at radius 1 is 1.40 bits per heavy atom. The monoisotopic (exact) mass is 295 g/mol. The van der Waals surface area contributed by atoms with Crippen molar-refractivity contribution in [3.05, 3.63) is 39.5 Å². The number of rotatable bonds is 6. The van der Waals surface area contributed by atoms with Gasteiger partial charge in [-0.15, -0.1) is 0 Å². The number of nitrogens with one attached hydrogen (secondary N) is 1. The van der Waals surface area contributed by atoms with Crippen molar-refractivity contribution >= 4 is 17.3 Å². The lowest BCUT2D eigenvalue weighted by Gasteiger charge is -2.10. The first-order valence-electron chi connectivity index (χ1n) is 6.60. The van der Waals surface area contributed by atoms with Crippen LogP contribution in [0.1, 0.15) is 25.5 Å². The highest BCUT2D eigenvalue weighted by molar-refractivity contribution is 6.32. The third-order valence-corrected chi connectivity index (χ3v) is 3.46. The predicted octanol–water partition coefficient (Wildman–Crippen LogP) is 2.04. The molecule has 6 nitrogen and oxygen atoms in total. The molecule has 0 atom stereocenters. The maximum Gasteiger partial charge on any atom is 0.287 e. The fraction of sp³-hybridized carbons (Fsp3) is 0.462. The topological polar surface area (TPSA) is 64.7 Å². The van der Waals surface area contributed by atoms with Crippen LogP contribution in [0.2, 0.25) is 5.02 Å². The predicted molar refractivity (Wildman–Crippen MR) is 78.9 cm³/mol. The minimum Gasteiger partial charge on any atom is -0.377 e. The van der Waals surface area contributed by atoms with Crippen molar-refractivity contribution in [2.45, 2.75) is 32.9 Å². The molecule has 2 aromatic rings. The summed E-state index contributed by atoms with van der Waals surface area (Å²) in [5, 5.41) is 11.5. The van der Waals surface area contributed by atoms with Crippen molar-refractivity contribution in [2.24, 2.45) is 7.05 Å². The second-order valence-electron chi connectivity index (χ2n) is 4.55. The molecule has 0 radical (unpaired) electrons. The normalized spacial score (nSPS) is 10.8. The van der Waals surface area contributed by atoms with Crippen LogP contribution in [0.3, 0.4) is 0 Å². The van der Waals surface area contributed by atoms with Crippen LogP contribution in [-0.2, 0) is 20.1 Å². The van der Waals surface area contributed by atoms with Crippen LogP contribution < -0.4 is 10.9 Å². The fourth-order valence-electron chi connectivity index (χ4n) is 1.82. The number of nitrogens with zero attached hydrogens (tertiary/aromatic N) is 4. The van der Waals surface area contributed by atoms with Crippen LogP contribution in [0.15, 0.2) is 23.3 Å². The number of halogens is 1. The molecule has 0 unspecified atom stereocenters. The molecular weight excluding hydrogens is 278 g/mol. The summed E-state index contributed by atoms with van der Waals surface area (Å²) in [6.07, 6.45) is 5.23. The third-order valence-electron chi connectivity index (χ3n) is 3.09. The Hall–Kier alpha value is -1.82. The van der Waals surface area contributed by atoms with E-state index in [0.29, 0.717) is 18.8 Å². The fourth-order valence-corrected chi connectivity index (χ4v) is 2.03. The molecule has 2 heterocycles. The molecule has 1 N–H and O–H groups in total. The molecule has 0 saturated carbocycles. The maximum atomic E-state index is 12.0. The third kappa shape index (κ3) is 3.19. The van der Waals surface area contributed by atoms with Crippen molar-refractivity contribution in [1.29, 1.82) is 0 Å². The maximum absolute atomic E-state index is 12.0. The van der Waals surface area contributed by atoms with Gasteiger partial charge in [0.15, 0.2) is 0 Å². The van der Waals surface area contributed by atoms with Gasteiger partial charge in [0.2, 0.25) is 0 Å². The quantitative estimate of drug-likeness (QED) is 0.886. The summed E-state index contributed by atoms with van der Waals surface area (Å²) in [7, 11) is 1.86. The second-order valence-corrected chi connectivity index (χ2v) is 4.93. The van der Waals surface area contributed by atoms with Crippen LogP contribution >= 0.6 is 11.6 Å². The Balaban J connectivity index is 2.11. The second kappa shape index (κ2) is 6.56. The van der Waals surface area contributed by atoms with E-state index in [2.05, 4.69) is 22.4 Å². The Labute approximate surface area is 122 Å². The highest BCUT2D eigenvalue weighted by Gasteiger charge is 2.09. The molecule has 0 aliphatic heterocycles. The minimum absolute atomic E-state index is 0.179. The molecule has 0 aromatic carbocycles. The van der Waals surface area contributed by atoms with Gasteiger partial charge < -0.3 is 5.32 Å². The SMILES string of the molecule is CCCCn1ncc(NCc2ccnn2C)c(Cl)c1=O. The van der Waals surface area contributed by atoms with E-state index in [1.54, 1.807) is 17.1 Å². The lowest BCUT2D eigenvalue weighted by Crippen LogP contribution is -2.24. The molecule has 0 aliphatic carbocycles. The summed E-state index contributed by atoms with van der Waals surface area (Å²) in [5.41, 5.74) is 1.29. The molecule has 2 aromatic heterocycles. The molecule has 108 valence electrons. The van der Waals surface area contributed by atoms with Gasteiger partial charge in [0.1, 0.15) is 5.02 Å². The van der Waals surface area contributed by atoms with E-state index in [1.807, 2.05) is 13.1 Å². The number of hydrogen-bond acceptors (Lipinski definition) is 4. The molecule has 0 bridgehead atoms. The first kappa shape index (κ1) is 14.6. The van der Waals surface area contributed by atoms with E-state index < -0.39 is 0 Å². The van der Waals surface area contributed by atoms with Crippen molar-refractivity contribution in [1.82, 2.24) is 19.6 Å². The summed E-state index contributed by atoms with van der Waals surface area (Å²) < 4.78 is 3.16. The number of aromatic nitrogens is 4. The van der Waals surface area contributed by atoms with Crippen LogP contribution in [0.4, 0.5) is 5.69 Å². The molecule has 0 spiro atoms. The average Bonchev–Trinajstić information content (AvgIpc) is 2.85. The first-order valence-corrected chi connectivity index (χ1v) is 6.97. The van der Waals surface area contributed by atoms with Crippen molar-refractivity contribution in [3.8, 4) is 0 Å². The van der Waals surface area contributed by atoms with Gasteiger partial charge >= 0.3 is 0 Å². The zero-order chi connectivity index (χ0) is 14.5. The lowest BCUT2D eigenvalue weighted by atomic mass is 10.3. The van der Waals surface area contributed by atoms with Crippen LogP contribution in [0.25, 0.3) is 0 Å². The number of unbranched alkanes of at least 4 members (excludes halogenated alkanes) is 1. The van der Waals surface area contributed by atoms with Gasteiger partial charge in [-0.3, -0.25) is 9.48 Å². The number of aryl methyl sites for hydroxylation is 2. The van der Waals surface area contributed by atoms with E-state index in [9.17, 15) is 4.79 Å². The van der Waals surface area contributed by atoms with E-state index in [1.165, 1.54) is 4.68 Å². The van der Waals surface area contributed by atoms with E-state index in [-0.39, 0.29) is 10.6 Å². The van der Waals surface area contributed by atoms with Gasteiger partial charge in [0.25, 0.3) is 5.56 Å². The van der Waals surface area contributed by atoms with E-state index in [4.69, 9.17) is 11.6 Å². The molecule has 20 heavy (non-hydrogen) atoms. The average molecular weight is 296 g/mol. The summed E-state index contributed by atoms with van der Waals surface area (Å²) in [4.78, 5) is 12.0. The zero-order valence-corrected chi connectivity index (χ0v) is 12.4. The molecular formula is C13H18ClN5O. The molecule has 0 aliphatic rings. The standard InChI is InChI=1S/C13H18ClN5O/c1-3-4-7-19-13(20)12(14)11(9-17-19)15-8-10-5-6-16-18(10)2/h5-6,9,15H,3-4,7-8H2,1-2H3. The molecule has 0 fully saturated rings. The van der Waals surface area contributed by atoms with Gasteiger partial charge in [0, 0.05) is 19.8 Å². The molecule has 0 saturated heterocycles. The summed E-state index contributed by atoms with van der Waals surface area (Å²) in [6, 6.07) is 1.90. The smallest absolute Gasteiger partial charge is 0.287 e. The van der Waals surface area contributed by atoms with Crippen molar-refractivity contribution in [3.63, 3.8) is 0 Å². The van der Waals surface area contributed by atoms with Gasteiger partial charge in [-0.2, -0.15) is 10.2 Å². The Morgan fingerprint density at radius 2 is 2.20 bits per heavy atom. The Morgan fingerprint density at radius 3 is 2.85 bits per heavy atom. The van der Waals surface area contributed by atoms with Crippen LogP contribution in [0, 0.1) is 0 Å². The molecule has 0 amide bonds. The van der Waals surface area contributed by atoms with Crippen molar-refractivity contribution < 1.29 is 0 Å². The lowest BCUT2D eigenvalue weighted by molar-refractivity contribution is 0.543. The molecule has 2 rings (SSSR count). The number of anilines is 1. The Bertz CT molecular complexity index is 634. The largest absolute Gasteiger partial charge is 0.377 e. The highest BCUT2D eigenvalue weighted by Crippen LogP contribution is 2.16. The first-order chi connectivity index (χ1) is 9.63. The molecule has 7 heteroatoms. The summed E-state index contributed by atoms with van der Waals surface area (Å²) >= 11 is 6.10. The van der Waals surface area contributed by atoms with Gasteiger partial charge in [-0.25, -0.2) is 4.68 Å². The summed E-state index contributed by atoms with van der Waals surface area (Å²) in [5.74, 6) is 0. The van der Waals surface area contributed by atoms with Crippen LogP contribution in [0.5, 0.6) is 0 Å². The van der Waals surface area contributed by atoms with E-state index in [0.717, 1.165) is 18.5 Å². The Kier molecular flexibility index (Phi) is 4.79. The summed E-state index contributed by atoms with van der Waals surface area (Å²) in [6.45, 7) is 3.20. The van der Waals surface area contributed by atoms with E-state index >= 15 is 0 Å². The highest BCUT2D eigenvalue weighted by atomic mass is 35.5. The van der Waals surface area contributed by atoms with Crippen molar-refractivity contribution in [2.75, 3.05) is 5.32 Å². The minimum atomic E-state index is -0.255. The van der Waals surface area contributed by atoms with Crippen LogP contribution in [-0.4, -0.2) is 19.6 Å². The van der Waals surface area contributed by atoms with Gasteiger partial charge in [-0.05, 0) is 12.5 Å². The van der Waals surface area contributed by atoms with Gasteiger partial charge in [0.05, 0.1) is 24.1 Å². The zero-order valence-electron chi connectivity index (χ0n) is 11.6. The van der Waals surface area contributed by atoms with Gasteiger partial charge in [-0.1, -0.05) is 24.9 Å². The number of hydrogen-bond donors (Lipinski definition) is 1.